The van der Waals surface area contributed by atoms with Crippen LogP contribution in [0.15, 0.2) is 34.1 Å². The van der Waals surface area contributed by atoms with E-state index >= 15 is 0 Å². The molecule has 0 radical (unpaired) electrons. The average Bonchev–Trinajstić information content (AvgIpc) is 2.79. The summed E-state index contributed by atoms with van der Waals surface area (Å²) in [5.41, 5.74) is 0.893. The molecule has 1 N–H and O–H groups in total. The molecule has 1 aromatic carbocycles. The Morgan fingerprint density at radius 2 is 2.16 bits per heavy atom. The Morgan fingerprint density at radius 1 is 1.32 bits per heavy atom. The van der Waals surface area contributed by atoms with Crippen LogP contribution < -0.4 is 10.1 Å². The number of hydrogen-bond donors (Lipinski definition) is 1. The van der Waals surface area contributed by atoms with Crippen molar-refractivity contribution in [2.24, 2.45) is 0 Å². The molecular weight excluding hydrogens is 329 g/mol. The minimum atomic E-state index is -0.266. The summed E-state index contributed by atoms with van der Waals surface area (Å²) in [6.07, 6.45) is 0. The maximum absolute atomic E-state index is 13.5. The molecule has 2 aromatic rings. The molecule has 0 spiro atoms. The number of nitrogens with one attached hydrogen (secondary N) is 1. The van der Waals surface area contributed by atoms with Crippen LogP contribution in [0.25, 0.3) is 0 Å². The summed E-state index contributed by atoms with van der Waals surface area (Å²) in [4.78, 5) is 1.10. The number of benzene rings is 1. The maximum Gasteiger partial charge on any atom is 0.127 e. The summed E-state index contributed by atoms with van der Waals surface area (Å²) in [5.74, 6) is 0.301. The molecule has 0 saturated heterocycles. The van der Waals surface area contributed by atoms with Gasteiger partial charge in [0.25, 0.3) is 0 Å². The summed E-state index contributed by atoms with van der Waals surface area (Å²) < 4.78 is 20.2. The zero-order valence-electron chi connectivity index (χ0n) is 10.6. The van der Waals surface area contributed by atoms with Gasteiger partial charge in [-0.1, -0.05) is 6.92 Å². The van der Waals surface area contributed by atoms with Crippen LogP contribution >= 0.6 is 27.3 Å². The van der Waals surface area contributed by atoms with E-state index in [0.717, 1.165) is 20.8 Å². The standard InChI is InChI=1S/C14H15BrFNOS/c1-2-17-8-10-5-11(16)7-12(6-10)18-9-13-3-4-14(15)19-13/h3-7,17H,2,8-9H2,1H3. The Kier molecular flexibility index (Phi) is 5.36. The second-order valence-corrected chi connectivity index (χ2v) is 6.62. The third-order valence-corrected chi connectivity index (χ3v) is 4.12. The van der Waals surface area contributed by atoms with Gasteiger partial charge in [-0.15, -0.1) is 11.3 Å². The molecule has 0 aliphatic rings. The van der Waals surface area contributed by atoms with Crippen LogP contribution in [0.3, 0.4) is 0 Å². The summed E-state index contributed by atoms with van der Waals surface area (Å²) in [5, 5.41) is 3.17. The van der Waals surface area contributed by atoms with E-state index < -0.39 is 0 Å². The molecule has 1 heterocycles. The Hall–Kier alpha value is -0.910. The smallest absolute Gasteiger partial charge is 0.127 e. The van der Waals surface area contributed by atoms with Crippen molar-refractivity contribution in [1.82, 2.24) is 5.32 Å². The topological polar surface area (TPSA) is 21.3 Å². The van der Waals surface area contributed by atoms with Gasteiger partial charge in [0.15, 0.2) is 0 Å². The van der Waals surface area contributed by atoms with Crippen molar-refractivity contribution in [3.63, 3.8) is 0 Å². The summed E-state index contributed by atoms with van der Waals surface area (Å²) >= 11 is 5.02. The average molecular weight is 344 g/mol. The number of ether oxygens (including phenoxy) is 1. The summed E-state index contributed by atoms with van der Waals surface area (Å²) in [6.45, 7) is 3.98. The highest BCUT2D eigenvalue weighted by molar-refractivity contribution is 9.11. The van der Waals surface area contributed by atoms with Crippen molar-refractivity contribution in [2.75, 3.05) is 6.54 Å². The fourth-order valence-corrected chi connectivity index (χ4v) is 3.06. The Bertz CT molecular complexity index is 544. The van der Waals surface area contributed by atoms with Gasteiger partial charge in [-0.25, -0.2) is 4.39 Å². The minimum Gasteiger partial charge on any atom is -0.488 e. The van der Waals surface area contributed by atoms with Crippen LogP contribution in [0, 0.1) is 5.82 Å². The fraction of sp³-hybridized carbons (Fsp3) is 0.286. The number of hydrogen-bond acceptors (Lipinski definition) is 3. The van der Waals surface area contributed by atoms with Crippen LogP contribution in [-0.4, -0.2) is 6.54 Å². The lowest BCUT2D eigenvalue weighted by molar-refractivity contribution is 0.307. The molecule has 0 bridgehead atoms. The molecule has 0 aliphatic heterocycles. The van der Waals surface area contributed by atoms with Gasteiger partial charge in [-0.05, 0) is 52.3 Å². The third kappa shape index (κ3) is 4.60. The zero-order valence-corrected chi connectivity index (χ0v) is 13.0. The van der Waals surface area contributed by atoms with Crippen molar-refractivity contribution in [2.45, 2.75) is 20.1 Å². The monoisotopic (exact) mass is 343 g/mol. The van der Waals surface area contributed by atoms with Gasteiger partial charge < -0.3 is 10.1 Å². The van der Waals surface area contributed by atoms with Gasteiger partial charge in [0.05, 0.1) is 3.79 Å². The van der Waals surface area contributed by atoms with Crippen LogP contribution in [0.4, 0.5) is 4.39 Å². The molecule has 1 aromatic heterocycles. The van der Waals surface area contributed by atoms with Crippen molar-refractivity contribution in [1.29, 1.82) is 0 Å². The van der Waals surface area contributed by atoms with Crippen molar-refractivity contribution >= 4 is 27.3 Å². The van der Waals surface area contributed by atoms with Crippen molar-refractivity contribution < 1.29 is 9.13 Å². The highest BCUT2D eigenvalue weighted by atomic mass is 79.9. The van der Waals surface area contributed by atoms with E-state index in [2.05, 4.69) is 21.2 Å². The van der Waals surface area contributed by atoms with Gasteiger partial charge in [0.2, 0.25) is 0 Å². The largest absolute Gasteiger partial charge is 0.488 e. The third-order valence-electron chi connectivity index (χ3n) is 2.52. The number of rotatable bonds is 6. The van der Waals surface area contributed by atoms with E-state index in [0.29, 0.717) is 18.9 Å². The molecular formula is C14H15BrFNOS. The van der Waals surface area contributed by atoms with Crippen LogP contribution in [-0.2, 0) is 13.2 Å². The number of thiophene rings is 1. The first kappa shape index (κ1) is 14.5. The molecule has 5 heteroatoms. The maximum atomic E-state index is 13.5. The second kappa shape index (κ2) is 7.03. The second-order valence-electron chi connectivity index (χ2n) is 4.07. The lowest BCUT2D eigenvalue weighted by Crippen LogP contribution is -2.12. The van der Waals surface area contributed by atoms with Crippen LogP contribution in [0.2, 0.25) is 0 Å². The first-order valence-corrected chi connectivity index (χ1v) is 7.65. The quantitative estimate of drug-likeness (QED) is 0.842. The van der Waals surface area contributed by atoms with E-state index in [1.54, 1.807) is 11.3 Å². The minimum absolute atomic E-state index is 0.266. The Balaban J connectivity index is 2.01. The molecule has 2 rings (SSSR count). The Morgan fingerprint density at radius 3 is 2.84 bits per heavy atom. The molecule has 0 fully saturated rings. The van der Waals surface area contributed by atoms with E-state index in [-0.39, 0.29) is 5.82 Å². The molecule has 102 valence electrons. The molecule has 2 nitrogen and oxygen atoms in total. The van der Waals surface area contributed by atoms with E-state index in [1.165, 1.54) is 12.1 Å². The first-order valence-electron chi connectivity index (χ1n) is 6.04. The van der Waals surface area contributed by atoms with Crippen LogP contribution in [0.5, 0.6) is 5.75 Å². The fourth-order valence-electron chi connectivity index (χ4n) is 1.66. The normalized spacial score (nSPS) is 10.7. The van der Waals surface area contributed by atoms with Gasteiger partial charge in [-0.2, -0.15) is 0 Å². The predicted octanol–water partition coefficient (Wildman–Crippen LogP) is 4.34. The summed E-state index contributed by atoms with van der Waals surface area (Å²) in [6, 6.07) is 8.78. The lowest BCUT2D eigenvalue weighted by Gasteiger charge is -2.08. The highest BCUT2D eigenvalue weighted by Gasteiger charge is 2.03. The molecule has 0 aliphatic carbocycles. The predicted molar refractivity (Wildman–Crippen MR) is 80.1 cm³/mol. The summed E-state index contributed by atoms with van der Waals surface area (Å²) in [7, 11) is 0. The van der Waals surface area contributed by atoms with E-state index in [4.69, 9.17) is 4.74 Å². The molecule has 0 atom stereocenters. The van der Waals surface area contributed by atoms with E-state index in [9.17, 15) is 4.39 Å². The van der Waals surface area contributed by atoms with E-state index in [1.807, 2.05) is 25.1 Å². The first-order chi connectivity index (χ1) is 9.17. The molecule has 19 heavy (non-hydrogen) atoms. The lowest BCUT2D eigenvalue weighted by atomic mass is 10.2. The zero-order chi connectivity index (χ0) is 13.7. The van der Waals surface area contributed by atoms with Crippen molar-refractivity contribution in [3.8, 4) is 5.75 Å². The van der Waals surface area contributed by atoms with Gasteiger partial charge in [0.1, 0.15) is 18.2 Å². The van der Waals surface area contributed by atoms with Gasteiger partial charge in [-0.3, -0.25) is 0 Å². The molecule has 0 unspecified atom stereocenters. The van der Waals surface area contributed by atoms with Gasteiger partial charge >= 0.3 is 0 Å². The molecule has 0 amide bonds. The SMILES string of the molecule is CCNCc1cc(F)cc(OCc2ccc(Br)s2)c1. The highest BCUT2D eigenvalue weighted by Crippen LogP contribution is 2.24. The van der Waals surface area contributed by atoms with Gasteiger partial charge in [0, 0.05) is 17.5 Å². The van der Waals surface area contributed by atoms with Crippen molar-refractivity contribution in [3.05, 3.63) is 50.4 Å². The van der Waals surface area contributed by atoms with Crippen LogP contribution in [0.1, 0.15) is 17.4 Å². The number of halogens is 2. The molecule has 0 saturated carbocycles. The Labute approximate surface area is 124 Å².